The lowest BCUT2D eigenvalue weighted by Crippen LogP contribution is -2.02. The second-order valence-corrected chi connectivity index (χ2v) is 5.65. The van der Waals surface area contributed by atoms with E-state index in [9.17, 15) is 4.39 Å². The molecule has 0 radical (unpaired) electrons. The van der Waals surface area contributed by atoms with E-state index in [1.807, 2.05) is 13.0 Å². The van der Waals surface area contributed by atoms with Crippen LogP contribution < -0.4 is 0 Å². The molecule has 0 unspecified atom stereocenters. The first-order valence-electron chi connectivity index (χ1n) is 6.06. The van der Waals surface area contributed by atoms with Crippen molar-refractivity contribution in [1.29, 1.82) is 0 Å². The molecule has 2 heterocycles. The Morgan fingerprint density at radius 2 is 1.86 bits per heavy atom. The van der Waals surface area contributed by atoms with Crippen molar-refractivity contribution >= 4 is 46.0 Å². The number of hydrogen-bond donors (Lipinski definition) is 0. The third kappa shape index (κ3) is 2.48. The van der Waals surface area contributed by atoms with Crippen LogP contribution in [0.1, 0.15) is 11.4 Å². The second-order valence-electron chi connectivity index (χ2n) is 4.57. The number of nitrogens with zero attached hydrogens (tertiary/aromatic N) is 3. The van der Waals surface area contributed by atoms with Crippen molar-refractivity contribution in [3.05, 3.63) is 51.6 Å². The zero-order valence-corrected chi connectivity index (χ0v) is 13.1. The van der Waals surface area contributed by atoms with Gasteiger partial charge in [0.25, 0.3) is 0 Å². The van der Waals surface area contributed by atoms with Gasteiger partial charge in [-0.15, -0.1) is 11.6 Å². The van der Waals surface area contributed by atoms with Crippen molar-refractivity contribution in [2.75, 3.05) is 0 Å². The average molecular weight is 345 g/mol. The topological polar surface area (TPSA) is 30.7 Å². The molecule has 0 aliphatic rings. The van der Waals surface area contributed by atoms with E-state index in [0.29, 0.717) is 22.7 Å². The molecular weight excluding hydrogens is 336 g/mol. The fourth-order valence-electron chi connectivity index (χ4n) is 2.19. The van der Waals surface area contributed by atoms with Crippen LogP contribution in [0.25, 0.3) is 16.9 Å². The molecule has 0 fully saturated rings. The summed E-state index contributed by atoms with van der Waals surface area (Å²) in [5.74, 6) is 0.189. The monoisotopic (exact) mass is 343 g/mol. The summed E-state index contributed by atoms with van der Waals surface area (Å²) in [5, 5.41) is 0.348. The van der Waals surface area contributed by atoms with Crippen LogP contribution in [0.2, 0.25) is 10.0 Å². The number of fused-ring (bicyclic) bond motifs is 1. The summed E-state index contributed by atoms with van der Waals surface area (Å²) in [6.45, 7) is 1.92. The quantitative estimate of drug-likeness (QED) is 0.618. The van der Waals surface area contributed by atoms with Crippen LogP contribution in [-0.4, -0.2) is 14.5 Å². The maximum Gasteiger partial charge on any atom is 0.164 e. The average Bonchev–Trinajstić information content (AvgIpc) is 2.75. The largest absolute Gasteiger partial charge is 0.277 e. The van der Waals surface area contributed by atoms with Crippen molar-refractivity contribution in [2.24, 2.45) is 0 Å². The minimum Gasteiger partial charge on any atom is -0.277 e. The molecule has 21 heavy (non-hydrogen) atoms. The highest BCUT2D eigenvalue weighted by Crippen LogP contribution is 2.33. The number of pyridine rings is 1. The maximum atomic E-state index is 13.4. The molecule has 108 valence electrons. The molecule has 2 aromatic heterocycles. The molecule has 0 aliphatic heterocycles. The highest BCUT2D eigenvalue weighted by atomic mass is 35.5. The summed E-state index contributed by atoms with van der Waals surface area (Å²) in [7, 11) is 0. The van der Waals surface area contributed by atoms with Crippen molar-refractivity contribution in [3.63, 3.8) is 0 Å². The summed E-state index contributed by atoms with van der Waals surface area (Å²) < 4.78 is 15.0. The molecule has 0 amide bonds. The first-order valence-corrected chi connectivity index (χ1v) is 7.35. The highest BCUT2D eigenvalue weighted by molar-refractivity contribution is 6.38. The maximum absolute atomic E-state index is 13.4. The van der Waals surface area contributed by atoms with Gasteiger partial charge >= 0.3 is 0 Å². The number of aryl methyl sites for hydroxylation is 1. The normalized spacial score (nSPS) is 11.3. The molecule has 0 N–H and O–H groups in total. The van der Waals surface area contributed by atoms with E-state index >= 15 is 0 Å². The highest BCUT2D eigenvalue weighted by Gasteiger charge is 2.18. The van der Waals surface area contributed by atoms with Gasteiger partial charge in [0.2, 0.25) is 0 Å². The Balaban J connectivity index is 2.39. The summed E-state index contributed by atoms with van der Waals surface area (Å²) in [4.78, 5) is 8.79. The van der Waals surface area contributed by atoms with E-state index in [1.54, 1.807) is 10.8 Å². The van der Waals surface area contributed by atoms with Gasteiger partial charge in [-0.05, 0) is 30.7 Å². The molecule has 0 aliphatic carbocycles. The van der Waals surface area contributed by atoms with Crippen molar-refractivity contribution in [2.45, 2.75) is 12.8 Å². The number of rotatable bonds is 2. The molecule has 1 aromatic carbocycles. The molecule has 0 saturated carbocycles. The van der Waals surface area contributed by atoms with Gasteiger partial charge in [0.15, 0.2) is 5.65 Å². The van der Waals surface area contributed by atoms with Crippen molar-refractivity contribution in [1.82, 2.24) is 14.5 Å². The van der Waals surface area contributed by atoms with Gasteiger partial charge in [-0.3, -0.25) is 4.57 Å². The summed E-state index contributed by atoms with van der Waals surface area (Å²) >= 11 is 18.2. The van der Waals surface area contributed by atoms with Gasteiger partial charge in [-0.1, -0.05) is 23.2 Å². The van der Waals surface area contributed by atoms with Crippen LogP contribution in [0.15, 0.2) is 24.4 Å². The van der Waals surface area contributed by atoms with Gasteiger partial charge in [0, 0.05) is 6.20 Å². The van der Waals surface area contributed by atoms with E-state index in [4.69, 9.17) is 34.8 Å². The first-order chi connectivity index (χ1) is 10.0. The zero-order chi connectivity index (χ0) is 15.1. The predicted octanol–water partition coefficient (Wildman–Crippen LogP) is 4.91. The minimum absolute atomic E-state index is 0.152. The molecule has 3 rings (SSSR count). The van der Waals surface area contributed by atoms with Crippen LogP contribution in [0.4, 0.5) is 4.39 Å². The third-order valence-corrected chi connectivity index (χ3v) is 3.84. The zero-order valence-electron chi connectivity index (χ0n) is 10.9. The van der Waals surface area contributed by atoms with E-state index < -0.39 is 5.82 Å². The van der Waals surface area contributed by atoms with Gasteiger partial charge in [-0.25, -0.2) is 14.4 Å². The second kappa shape index (κ2) is 5.44. The third-order valence-electron chi connectivity index (χ3n) is 3.03. The Hall–Kier alpha value is -1.36. The summed E-state index contributed by atoms with van der Waals surface area (Å²) in [5.41, 5.74) is 2.66. The molecule has 3 nitrogen and oxygen atoms in total. The Labute approximate surface area is 135 Å². The van der Waals surface area contributed by atoms with E-state index in [1.165, 1.54) is 12.1 Å². The van der Waals surface area contributed by atoms with Gasteiger partial charge < -0.3 is 0 Å². The summed E-state index contributed by atoms with van der Waals surface area (Å²) in [6, 6.07) is 4.28. The van der Waals surface area contributed by atoms with Gasteiger partial charge in [0.05, 0.1) is 21.6 Å². The predicted molar refractivity (Wildman–Crippen MR) is 83.1 cm³/mol. The number of benzene rings is 1. The molecule has 0 saturated heterocycles. The van der Waals surface area contributed by atoms with Crippen molar-refractivity contribution in [3.8, 4) is 5.69 Å². The fourth-order valence-corrected chi connectivity index (χ4v) is 2.99. The van der Waals surface area contributed by atoms with E-state index in [-0.39, 0.29) is 15.9 Å². The SMILES string of the molecule is Cc1cnc2c(c1)nc(CCl)n2-c1c(Cl)cc(F)cc1Cl. The fraction of sp³-hybridized carbons (Fsp3) is 0.143. The van der Waals surface area contributed by atoms with Crippen LogP contribution in [-0.2, 0) is 5.88 Å². The van der Waals surface area contributed by atoms with Crippen LogP contribution >= 0.6 is 34.8 Å². The minimum atomic E-state index is -0.505. The number of aromatic nitrogens is 3. The molecule has 0 bridgehead atoms. The Morgan fingerprint density at radius 3 is 2.48 bits per heavy atom. The molecule has 0 atom stereocenters. The van der Waals surface area contributed by atoms with Gasteiger partial charge in [0.1, 0.15) is 17.2 Å². The first kappa shape index (κ1) is 14.6. The number of hydrogen-bond acceptors (Lipinski definition) is 2. The Bertz CT molecular complexity index is 822. The molecule has 3 aromatic rings. The number of imidazole rings is 1. The lowest BCUT2D eigenvalue weighted by molar-refractivity contribution is 0.627. The van der Waals surface area contributed by atoms with Gasteiger partial charge in [-0.2, -0.15) is 0 Å². The van der Waals surface area contributed by atoms with E-state index in [0.717, 1.165) is 5.56 Å². The Kier molecular flexibility index (Phi) is 3.78. The van der Waals surface area contributed by atoms with E-state index in [2.05, 4.69) is 9.97 Å². The standard InChI is InChI=1S/C14H9Cl3FN3/c1-7-2-11-14(19-6-7)21(12(5-15)20-11)13-9(16)3-8(18)4-10(13)17/h2-4,6H,5H2,1H3. The molecule has 0 spiro atoms. The van der Waals surface area contributed by atoms with Crippen molar-refractivity contribution < 1.29 is 4.39 Å². The number of alkyl halides is 1. The smallest absolute Gasteiger partial charge is 0.164 e. The molecular formula is C14H9Cl3FN3. The summed E-state index contributed by atoms with van der Waals surface area (Å²) in [6.07, 6.45) is 1.71. The lowest BCUT2D eigenvalue weighted by Gasteiger charge is -2.11. The van der Waals surface area contributed by atoms with Crippen LogP contribution in [0, 0.1) is 12.7 Å². The molecule has 7 heteroatoms. The number of halogens is 4. The van der Waals surface area contributed by atoms with Crippen LogP contribution in [0.3, 0.4) is 0 Å². The Morgan fingerprint density at radius 1 is 1.19 bits per heavy atom. The van der Waals surface area contributed by atoms with Crippen LogP contribution in [0.5, 0.6) is 0 Å². The lowest BCUT2D eigenvalue weighted by atomic mass is 10.3.